The van der Waals surface area contributed by atoms with E-state index in [0.717, 1.165) is 141 Å². The first-order valence-corrected chi connectivity index (χ1v) is 48.3. The Morgan fingerprint density at radius 1 is 0.333 bits per heavy atom. The first-order chi connectivity index (χ1) is 64.5. The van der Waals surface area contributed by atoms with E-state index < -0.39 is 22.4 Å². The number of benzene rings is 7. The number of hydrogen-bond donors (Lipinski definition) is 7. The van der Waals surface area contributed by atoms with Gasteiger partial charge in [0, 0.05) is 120 Å². The van der Waals surface area contributed by atoms with Crippen molar-refractivity contribution in [3.63, 3.8) is 0 Å². The van der Waals surface area contributed by atoms with E-state index in [1.54, 1.807) is 41.1 Å². The molecule has 28 heteroatoms. The van der Waals surface area contributed by atoms with Crippen LogP contribution in [0.1, 0.15) is 263 Å². The van der Waals surface area contributed by atoms with Crippen molar-refractivity contribution in [2.45, 2.75) is 316 Å². The second-order valence-electron chi connectivity index (χ2n) is 38.8. The predicted molar refractivity (Wildman–Crippen MR) is 521 cm³/mol. The minimum absolute atomic E-state index is 0.106. The number of phenols is 1. The van der Waals surface area contributed by atoms with Crippen LogP contribution in [0, 0.1) is 0 Å². The van der Waals surface area contributed by atoms with Crippen LogP contribution in [-0.4, -0.2) is 208 Å². The third-order valence-electron chi connectivity index (χ3n) is 21.3. The molecule has 1 unspecified atom stereocenters. The minimum atomic E-state index is -0.538. The Morgan fingerprint density at radius 2 is 0.615 bits per heavy atom. The van der Waals surface area contributed by atoms with Gasteiger partial charge in [0.25, 0.3) is 0 Å². The molecule has 0 saturated heterocycles. The highest BCUT2D eigenvalue weighted by molar-refractivity contribution is 5.71. The monoisotopic (exact) mass is 1880 g/mol. The maximum Gasteiger partial charge on any atom is 0.411 e. The van der Waals surface area contributed by atoms with E-state index in [1.807, 2.05) is 210 Å². The van der Waals surface area contributed by atoms with Crippen molar-refractivity contribution in [2.24, 2.45) is 0 Å². The number of nitrogens with zero attached hydrogens (tertiary/aromatic N) is 4. The molecule has 4 amide bonds. The lowest BCUT2D eigenvalue weighted by Gasteiger charge is -2.32. The van der Waals surface area contributed by atoms with Gasteiger partial charge in [0.05, 0.1) is 53.3 Å². The van der Waals surface area contributed by atoms with E-state index in [2.05, 4.69) is 29.6 Å². The Kier molecular flexibility index (Phi) is 45.6. The summed E-state index contributed by atoms with van der Waals surface area (Å²) in [6, 6.07) is 49.9. The van der Waals surface area contributed by atoms with Crippen LogP contribution in [0.4, 0.5) is 19.2 Å². The van der Waals surface area contributed by atoms with Crippen LogP contribution in [0.2, 0.25) is 0 Å². The van der Waals surface area contributed by atoms with Gasteiger partial charge in [-0.25, -0.2) is 19.2 Å². The number of amides is 4. The largest absolute Gasteiger partial charge is 0.508 e. The third kappa shape index (κ3) is 44.8. The molecule has 5 fully saturated rings. The predicted octanol–water partition coefficient (Wildman–Crippen LogP) is 20.5. The van der Waals surface area contributed by atoms with E-state index in [4.69, 9.17) is 87.1 Å². The van der Waals surface area contributed by atoms with Gasteiger partial charge in [-0.05, 0) is 318 Å². The van der Waals surface area contributed by atoms with Crippen molar-refractivity contribution in [2.75, 3.05) is 80.3 Å². The average molecular weight is 1880 g/mol. The fraction of sp³-hybridized carbons (Fsp3) is 0.570. The van der Waals surface area contributed by atoms with Gasteiger partial charge < -0.3 is 112 Å². The summed E-state index contributed by atoms with van der Waals surface area (Å²) in [6.07, 6.45) is 16.8. The van der Waals surface area contributed by atoms with Crippen molar-refractivity contribution >= 4 is 24.4 Å². The molecule has 0 bridgehead atoms. The van der Waals surface area contributed by atoms with Gasteiger partial charge in [0.2, 0.25) is 0 Å². The van der Waals surface area contributed by atoms with Crippen molar-refractivity contribution < 1.29 is 111 Å². The number of aliphatic hydroxyl groups is 5. The molecule has 746 valence electrons. The van der Waals surface area contributed by atoms with E-state index in [0.29, 0.717) is 138 Å². The molecular weight excluding hydrogens is 1720 g/mol. The summed E-state index contributed by atoms with van der Waals surface area (Å²) < 4.78 is 74.1. The van der Waals surface area contributed by atoms with Gasteiger partial charge in [-0.3, -0.25) is 4.90 Å². The van der Waals surface area contributed by atoms with Crippen LogP contribution < -0.4 is 47.9 Å². The lowest BCUT2D eigenvalue weighted by Crippen LogP contribution is -2.39. The lowest BCUT2D eigenvalue weighted by molar-refractivity contribution is 0.0149. The van der Waals surface area contributed by atoms with Crippen LogP contribution in [-0.2, 0) is 58.3 Å². The summed E-state index contributed by atoms with van der Waals surface area (Å²) in [7, 11) is 3.23. The Morgan fingerprint density at radius 3 is 0.933 bits per heavy atom. The molecule has 0 aliphatic heterocycles. The van der Waals surface area contributed by atoms with Gasteiger partial charge in [-0.15, -0.1) is 0 Å². The number of rotatable bonds is 48. The average Bonchev–Trinajstić information content (AvgIpc) is 1.77. The number of methoxy groups -OCH3 is 2. The van der Waals surface area contributed by atoms with Gasteiger partial charge in [0.1, 0.15) is 93.1 Å². The highest BCUT2D eigenvalue weighted by Crippen LogP contribution is 2.41. The fourth-order valence-corrected chi connectivity index (χ4v) is 13.8. The molecule has 7 aromatic rings. The topological polar surface area (TPSA) is 335 Å². The molecule has 5 aliphatic rings. The van der Waals surface area contributed by atoms with E-state index >= 15 is 0 Å². The number of aromatic hydroxyl groups is 1. The fourth-order valence-electron chi connectivity index (χ4n) is 13.8. The van der Waals surface area contributed by atoms with E-state index in [9.17, 15) is 24.3 Å². The number of carbonyl (C=O) groups excluding carboxylic acids is 4. The van der Waals surface area contributed by atoms with Crippen LogP contribution in [0.3, 0.4) is 0 Å². The Labute approximate surface area is 801 Å². The zero-order valence-electron chi connectivity index (χ0n) is 82.8. The second kappa shape index (κ2) is 56.2. The molecule has 135 heavy (non-hydrogen) atoms. The smallest absolute Gasteiger partial charge is 0.411 e. The second-order valence-corrected chi connectivity index (χ2v) is 38.8. The maximum absolute atomic E-state index is 12.8. The summed E-state index contributed by atoms with van der Waals surface area (Å²) in [5.41, 5.74) is 4.92. The Hall–Kier alpha value is -10.6. The number of ether oxygens (including phenoxy) is 13. The molecule has 0 spiro atoms. The summed E-state index contributed by atoms with van der Waals surface area (Å²) in [5, 5.41) is 57.9. The standard InChI is InChI=1S/C26H35NO5.C21H33NO5.C21H27NO3.C20H31NO5.C19H29NO5/c1-26(2,3)32-25(29)27(22-11-12-22)18-21-15-23(30-14-8-7-13-28)17-24(16-21)31-19-20-9-5-4-6-10-20;1-15(22(17-8-9-17)20(24)27-21(2,3)4)16-12-18(25-5)14-19(13-16)26-11-7-6-10-23;23-10-4-5-11-24-20-12-18(15-22-19-8-9-19)13-21(14-20)25-16-17-6-2-1-3-7-17;1-20(2,3)26-19(23)21(16-7-8-16)14-15-11-17(24-4)13-18(12-15)25-10-6-5-9-22;1-19(2,3)25-18(23)20(15-6-7-15)13-14-10-16(22)12-17(11-14)24-9-5-4-8-21/h4-6,9-10,15-17,22,28H,7-8,11-14,18-19H2,1-3H3;12-15,17,23H,6-11H2,1-5H3;1-3,6-7,12-14,19,22-23H,4-5,8-11,15-16H2;11-13,16,22H,5-10,14H2,1-4H3;10-12,15,21-22H,4-9,13H2,1-3H3. The highest BCUT2D eigenvalue weighted by Gasteiger charge is 2.41. The molecule has 12 rings (SSSR count). The molecule has 0 radical (unpaired) electrons. The molecule has 0 aromatic heterocycles. The third-order valence-corrected chi connectivity index (χ3v) is 21.3. The molecular formula is C107H155N5O23. The Balaban J connectivity index is 0.000000208. The number of unbranched alkanes of at least 4 members (excludes halogenated alkanes) is 5. The van der Waals surface area contributed by atoms with Crippen molar-refractivity contribution in [3.05, 3.63) is 191 Å². The number of hydrogen-bond acceptors (Lipinski definition) is 24. The number of aliphatic hydroxyl groups excluding tert-OH is 5. The summed E-state index contributed by atoms with van der Waals surface area (Å²) in [6.45, 7) is 31.1. The minimum Gasteiger partial charge on any atom is -0.508 e. The first kappa shape index (κ1) is 110. The van der Waals surface area contributed by atoms with Gasteiger partial charge in [-0.1, -0.05) is 60.7 Å². The maximum atomic E-state index is 12.8. The van der Waals surface area contributed by atoms with Crippen LogP contribution >= 0.6 is 0 Å². The van der Waals surface area contributed by atoms with Crippen molar-refractivity contribution in [3.8, 4) is 57.5 Å². The molecule has 1 atom stereocenters. The first-order valence-electron chi connectivity index (χ1n) is 48.3. The summed E-state index contributed by atoms with van der Waals surface area (Å²) in [5.74, 6) is 6.52. The molecule has 7 N–H and O–H groups in total. The number of carbonyl (C=O) groups is 4. The Bertz CT molecular complexity index is 4630. The molecule has 7 aromatic carbocycles. The molecule has 5 saturated carbocycles. The SMILES string of the molecule is CC(C)(C)OC(=O)N(Cc1cc(O)cc(OCCCCO)c1)C1CC1.CC(C)(C)OC(=O)N(Cc1cc(OCCCCO)cc(OCc2ccccc2)c1)C1CC1.COc1cc(CN(C(=O)OC(C)(C)C)C2CC2)cc(OCCCCO)c1.COc1cc(OCCCCO)cc(C(C)N(C(=O)OC(C)(C)C)C2CC2)c1.OCCCCOc1cc(CNC2CC2)cc(OCc2ccccc2)c1. The van der Waals surface area contributed by atoms with Crippen molar-refractivity contribution in [1.82, 2.24) is 24.9 Å². The van der Waals surface area contributed by atoms with Gasteiger partial charge in [0.15, 0.2) is 0 Å². The van der Waals surface area contributed by atoms with Gasteiger partial charge in [-0.2, -0.15) is 0 Å². The van der Waals surface area contributed by atoms with Crippen LogP contribution in [0.15, 0.2) is 152 Å². The lowest BCUT2D eigenvalue weighted by atomic mass is 10.1. The van der Waals surface area contributed by atoms with Crippen LogP contribution in [0.5, 0.6) is 57.5 Å². The quantitative estimate of drug-likeness (QED) is 0.0138. The summed E-state index contributed by atoms with van der Waals surface area (Å²) in [4.78, 5) is 57.7. The van der Waals surface area contributed by atoms with Crippen molar-refractivity contribution in [1.29, 1.82) is 0 Å². The summed E-state index contributed by atoms with van der Waals surface area (Å²) >= 11 is 0. The molecule has 5 aliphatic carbocycles. The van der Waals surface area contributed by atoms with E-state index in [1.165, 1.54) is 18.4 Å². The highest BCUT2D eigenvalue weighted by atomic mass is 16.6. The molecule has 0 heterocycles. The van der Waals surface area contributed by atoms with Gasteiger partial charge >= 0.3 is 24.4 Å². The number of nitrogens with one attached hydrogen (secondary N) is 1. The zero-order chi connectivity index (χ0) is 97.9. The number of phenolic OH excluding ortho intramolecular Hbond substituents is 1. The van der Waals surface area contributed by atoms with Crippen LogP contribution in [0.25, 0.3) is 0 Å². The van der Waals surface area contributed by atoms with E-state index in [-0.39, 0.29) is 93.4 Å². The normalized spacial score (nSPS) is 14.1. The molecule has 28 nitrogen and oxygen atoms in total. The zero-order valence-corrected chi connectivity index (χ0v) is 82.8.